The van der Waals surface area contributed by atoms with Gasteiger partial charge in [0.05, 0.1) is 7.11 Å². The number of aliphatic carboxylic acids is 1. The zero-order valence-electron chi connectivity index (χ0n) is 8.52. The average Bonchev–Trinajstić information content (AvgIpc) is 2.20. The standard InChI is InChI=1S/C11H12O4/c1-7-8(4-6-10(12)13)3-5-9(15-2)11(7)14/h3-6,14H,1-2H3,(H,12,13). The number of ether oxygens (including phenoxy) is 1. The molecular weight excluding hydrogens is 196 g/mol. The summed E-state index contributed by atoms with van der Waals surface area (Å²) < 4.78 is 4.92. The lowest BCUT2D eigenvalue weighted by molar-refractivity contribution is -0.131. The molecule has 1 aromatic rings. The van der Waals surface area contributed by atoms with E-state index in [9.17, 15) is 9.90 Å². The predicted octanol–water partition coefficient (Wildman–Crippen LogP) is 1.81. The van der Waals surface area contributed by atoms with Crippen molar-refractivity contribution in [2.45, 2.75) is 6.92 Å². The summed E-state index contributed by atoms with van der Waals surface area (Å²) in [6.07, 6.45) is 2.45. The van der Waals surface area contributed by atoms with Crippen LogP contribution in [0, 0.1) is 6.92 Å². The van der Waals surface area contributed by atoms with Gasteiger partial charge in [0, 0.05) is 11.6 Å². The molecule has 0 saturated carbocycles. The van der Waals surface area contributed by atoms with Crippen molar-refractivity contribution < 1.29 is 19.7 Å². The van der Waals surface area contributed by atoms with E-state index in [2.05, 4.69) is 0 Å². The fourth-order valence-electron chi connectivity index (χ4n) is 1.20. The number of phenolic OH excluding ortho intramolecular Hbond substituents is 1. The number of hydrogen-bond donors (Lipinski definition) is 2. The Labute approximate surface area is 87.4 Å². The molecule has 0 heterocycles. The normalized spacial score (nSPS) is 10.5. The van der Waals surface area contributed by atoms with Crippen LogP contribution in [0.2, 0.25) is 0 Å². The van der Waals surface area contributed by atoms with Gasteiger partial charge in [0.15, 0.2) is 11.5 Å². The minimum atomic E-state index is -1.02. The van der Waals surface area contributed by atoms with Crippen molar-refractivity contribution in [1.29, 1.82) is 0 Å². The second-order valence-corrected chi connectivity index (χ2v) is 3.00. The maximum atomic E-state index is 10.3. The van der Waals surface area contributed by atoms with Gasteiger partial charge in [-0.1, -0.05) is 6.07 Å². The Morgan fingerprint density at radius 1 is 1.47 bits per heavy atom. The summed E-state index contributed by atoms with van der Waals surface area (Å²) in [6, 6.07) is 3.27. The van der Waals surface area contributed by atoms with Crippen molar-refractivity contribution >= 4 is 12.0 Å². The number of benzene rings is 1. The number of carboxylic acids is 1. The minimum Gasteiger partial charge on any atom is -0.504 e. The van der Waals surface area contributed by atoms with Crippen molar-refractivity contribution in [3.63, 3.8) is 0 Å². The average molecular weight is 208 g/mol. The Hall–Kier alpha value is -1.97. The molecule has 0 aliphatic rings. The fourth-order valence-corrected chi connectivity index (χ4v) is 1.20. The van der Waals surface area contributed by atoms with Gasteiger partial charge in [-0.2, -0.15) is 0 Å². The summed E-state index contributed by atoms with van der Waals surface area (Å²) in [6.45, 7) is 1.69. The van der Waals surface area contributed by atoms with E-state index in [-0.39, 0.29) is 5.75 Å². The molecule has 0 bridgehead atoms. The van der Waals surface area contributed by atoms with E-state index in [1.165, 1.54) is 13.2 Å². The van der Waals surface area contributed by atoms with Crippen molar-refractivity contribution in [2.24, 2.45) is 0 Å². The molecule has 0 aliphatic carbocycles. The van der Waals surface area contributed by atoms with Crippen molar-refractivity contribution in [2.75, 3.05) is 7.11 Å². The molecule has 15 heavy (non-hydrogen) atoms. The molecule has 2 N–H and O–H groups in total. The zero-order valence-corrected chi connectivity index (χ0v) is 8.52. The molecule has 1 aromatic carbocycles. The van der Waals surface area contributed by atoms with E-state index in [0.717, 1.165) is 6.08 Å². The lowest BCUT2D eigenvalue weighted by atomic mass is 10.1. The monoisotopic (exact) mass is 208 g/mol. The van der Waals surface area contributed by atoms with Crippen molar-refractivity contribution in [3.05, 3.63) is 29.3 Å². The number of carbonyl (C=O) groups is 1. The van der Waals surface area contributed by atoms with Crippen LogP contribution in [0.3, 0.4) is 0 Å². The third-order valence-electron chi connectivity index (χ3n) is 2.06. The SMILES string of the molecule is COc1ccc(C=CC(=O)O)c(C)c1O. The third-order valence-corrected chi connectivity index (χ3v) is 2.06. The van der Waals surface area contributed by atoms with E-state index in [0.29, 0.717) is 16.9 Å². The van der Waals surface area contributed by atoms with Gasteiger partial charge in [-0.15, -0.1) is 0 Å². The van der Waals surface area contributed by atoms with Crippen LogP contribution in [0.15, 0.2) is 18.2 Å². The molecule has 0 unspecified atom stereocenters. The number of methoxy groups -OCH3 is 1. The second-order valence-electron chi connectivity index (χ2n) is 3.00. The van der Waals surface area contributed by atoms with E-state index in [4.69, 9.17) is 9.84 Å². The minimum absolute atomic E-state index is 0.0324. The van der Waals surface area contributed by atoms with Crippen LogP contribution in [0.5, 0.6) is 11.5 Å². The highest BCUT2D eigenvalue weighted by Crippen LogP contribution is 2.31. The first-order valence-electron chi connectivity index (χ1n) is 4.34. The molecule has 4 heteroatoms. The maximum Gasteiger partial charge on any atom is 0.328 e. The Morgan fingerprint density at radius 3 is 2.67 bits per heavy atom. The second kappa shape index (κ2) is 4.50. The predicted molar refractivity (Wildman–Crippen MR) is 56.1 cm³/mol. The molecule has 80 valence electrons. The summed E-state index contributed by atoms with van der Waals surface area (Å²) in [4.78, 5) is 10.3. The summed E-state index contributed by atoms with van der Waals surface area (Å²) >= 11 is 0. The Balaban J connectivity index is 3.12. The van der Waals surface area contributed by atoms with Crippen LogP contribution in [0.4, 0.5) is 0 Å². The van der Waals surface area contributed by atoms with Gasteiger partial charge < -0.3 is 14.9 Å². The first-order valence-corrected chi connectivity index (χ1v) is 4.34. The summed E-state index contributed by atoms with van der Waals surface area (Å²) in [5.41, 5.74) is 1.24. The summed E-state index contributed by atoms with van der Waals surface area (Å²) in [5, 5.41) is 18.1. The largest absolute Gasteiger partial charge is 0.504 e. The number of hydrogen-bond acceptors (Lipinski definition) is 3. The van der Waals surface area contributed by atoms with Gasteiger partial charge in [0.2, 0.25) is 0 Å². The van der Waals surface area contributed by atoms with Crippen LogP contribution < -0.4 is 4.74 Å². The van der Waals surface area contributed by atoms with Crippen molar-refractivity contribution in [1.82, 2.24) is 0 Å². The van der Waals surface area contributed by atoms with Crippen LogP contribution in [-0.4, -0.2) is 23.3 Å². The highest BCUT2D eigenvalue weighted by molar-refractivity contribution is 5.85. The first-order chi connectivity index (χ1) is 7.06. The van der Waals surface area contributed by atoms with Gasteiger partial charge in [-0.3, -0.25) is 0 Å². The Bertz CT molecular complexity index is 407. The van der Waals surface area contributed by atoms with Gasteiger partial charge in [-0.05, 0) is 24.6 Å². The molecule has 0 amide bonds. The molecule has 0 atom stereocenters. The van der Waals surface area contributed by atoms with E-state index in [1.807, 2.05) is 0 Å². The molecule has 0 saturated heterocycles. The van der Waals surface area contributed by atoms with Gasteiger partial charge in [0.1, 0.15) is 0 Å². The van der Waals surface area contributed by atoms with Crippen LogP contribution in [0.1, 0.15) is 11.1 Å². The summed E-state index contributed by atoms with van der Waals surface area (Å²) in [7, 11) is 1.46. The topological polar surface area (TPSA) is 66.8 Å². The molecule has 0 aliphatic heterocycles. The quantitative estimate of drug-likeness (QED) is 0.743. The van der Waals surface area contributed by atoms with Crippen LogP contribution in [-0.2, 0) is 4.79 Å². The molecule has 4 nitrogen and oxygen atoms in total. The van der Waals surface area contributed by atoms with Crippen LogP contribution >= 0.6 is 0 Å². The molecular formula is C11H12O4. The molecule has 0 aromatic heterocycles. The van der Waals surface area contributed by atoms with Gasteiger partial charge >= 0.3 is 5.97 Å². The molecule has 1 rings (SSSR count). The number of carboxylic acid groups (broad SMARTS) is 1. The van der Waals surface area contributed by atoms with Gasteiger partial charge in [-0.25, -0.2) is 4.79 Å². The van der Waals surface area contributed by atoms with Gasteiger partial charge in [0.25, 0.3) is 0 Å². The smallest absolute Gasteiger partial charge is 0.328 e. The first kappa shape index (κ1) is 11.1. The lowest BCUT2D eigenvalue weighted by Crippen LogP contribution is -1.90. The molecule has 0 spiro atoms. The highest BCUT2D eigenvalue weighted by Gasteiger charge is 2.07. The Morgan fingerprint density at radius 2 is 2.13 bits per heavy atom. The number of rotatable bonds is 3. The summed E-state index contributed by atoms with van der Waals surface area (Å²) in [5.74, 6) is -0.616. The number of phenols is 1. The van der Waals surface area contributed by atoms with E-state index >= 15 is 0 Å². The maximum absolute atomic E-state index is 10.3. The Kier molecular flexibility index (Phi) is 3.33. The molecule has 0 radical (unpaired) electrons. The highest BCUT2D eigenvalue weighted by atomic mass is 16.5. The van der Waals surface area contributed by atoms with E-state index < -0.39 is 5.97 Å². The van der Waals surface area contributed by atoms with E-state index in [1.54, 1.807) is 19.1 Å². The van der Waals surface area contributed by atoms with Crippen molar-refractivity contribution in [3.8, 4) is 11.5 Å². The zero-order chi connectivity index (χ0) is 11.4. The third kappa shape index (κ3) is 2.49. The molecule has 0 fully saturated rings. The fraction of sp³-hybridized carbons (Fsp3) is 0.182. The number of aromatic hydroxyl groups is 1. The van der Waals surface area contributed by atoms with Crippen LogP contribution in [0.25, 0.3) is 6.08 Å². The lowest BCUT2D eigenvalue weighted by Gasteiger charge is -2.08.